The van der Waals surface area contributed by atoms with Gasteiger partial charge in [0.15, 0.2) is 0 Å². The fourth-order valence-corrected chi connectivity index (χ4v) is 3.32. The van der Waals surface area contributed by atoms with Crippen molar-refractivity contribution in [3.05, 3.63) is 64.7 Å². The van der Waals surface area contributed by atoms with Crippen molar-refractivity contribution in [3.8, 4) is 0 Å². The van der Waals surface area contributed by atoms with E-state index in [2.05, 4.69) is 10.2 Å². The van der Waals surface area contributed by atoms with Crippen LogP contribution in [-0.2, 0) is 4.79 Å². The lowest BCUT2D eigenvalue weighted by Crippen LogP contribution is -2.40. The standard InChI is InChI=1S/C20H23ClN2O/c1-15-5-11-18(12-6-15)22-20(24)19(23-13-3-2-4-14-23)16-7-9-17(21)10-8-16/h5-12,19H,2-4,13-14H2,1H3,(H,22,24)/t19-/m0/s1. The van der Waals surface area contributed by atoms with E-state index in [1.165, 1.54) is 12.0 Å². The quantitative estimate of drug-likeness (QED) is 0.864. The lowest BCUT2D eigenvalue weighted by Gasteiger charge is -2.34. The first kappa shape index (κ1) is 17.0. The normalized spacial score (nSPS) is 16.6. The molecule has 0 unspecified atom stereocenters. The fourth-order valence-electron chi connectivity index (χ4n) is 3.20. The molecule has 0 aromatic heterocycles. The third-order valence-corrected chi connectivity index (χ3v) is 4.76. The molecule has 0 spiro atoms. The van der Waals surface area contributed by atoms with Crippen LogP contribution in [0.5, 0.6) is 0 Å². The van der Waals surface area contributed by atoms with Crippen molar-refractivity contribution < 1.29 is 4.79 Å². The number of nitrogens with one attached hydrogen (secondary N) is 1. The van der Waals surface area contributed by atoms with Gasteiger partial charge in [-0.1, -0.05) is 47.9 Å². The predicted octanol–water partition coefficient (Wildman–Crippen LogP) is 4.81. The first-order valence-electron chi connectivity index (χ1n) is 8.50. The number of hydrogen-bond donors (Lipinski definition) is 1. The summed E-state index contributed by atoms with van der Waals surface area (Å²) in [6.07, 6.45) is 3.52. The fraction of sp³-hybridized carbons (Fsp3) is 0.350. The van der Waals surface area contributed by atoms with Crippen molar-refractivity contribution in [1.82, 2.24) is 4.90 Å². The van der Waals surface area contributed by atoms with E-state index in [-0.39, 0.29) is 11.9 Å². The van der Waals surface area contributed by atoms with Crippen LogP contribution in [0.25, 0.3) is 0 Å². The zero-order chi connectivity index (χ0) is 16.9. The summed E-state index contributed by atoms with van der Waals surface area (Å²) in [5.74, 6) is 0.0167. The zero-order valence-electron chi connectivity index (χ0n) is 14.0. The van der Waals surface area contributed by atoms with Crippen molar-refractivity contribution in [2.45, 2.75) is 32.2 Å². The van der Waals surface area contributed by atoms with E-state index < -0.39 is 0 Å². The van der Waals surface area contributed by atoms with E-state index in [1.54, 1.807) is 0 Å². The van der Waals surface area contributed by atoms with E-state index in [1.807, 2.05) is 55.5 Å². The lowest BCUT2D eigenvalue weighted by atomic mass is 10.0. The Morgan fingerprint density at radius 1 is 1.00 bits per heavy atom. The van der Waals surface area contributed by atoms with Crippen LogP contribution >= 0.6 is 11.6 Å². The van der Waals surface area contributed by atoms with Gasteiger partial charge < -0.3 is 5.32 Å². The number of amides is 1. The van der Waals surface area contributed by atoms with Crippen molar-refractivity contribution in [2.75, 3.05) is 18.4 Å². The van der Waals surface area contributed by atoms with Gasteiger partial charge in [-0.25, -0.2) is 0 Å². The summed E-state index contributed by atoms with van der Waals surface area (Å²) in [7, 11) is 0. The number of carbonyl (C=O) groups excluding carboxylic acids is 1. The molecular weight excluding hydrogens is 320 g/mol. The third kappa shape index (κ3) is 4.16. The minimum absolute atomic E-state index is 0.0167. The Morgan fingerprint density at radius 2 is 1.62 bits per heavy atom. The summed E-state index contributed by atoms with van der Waals surface area (Å²) in [6.45, 7) is 3.94. The Kier molecular flexibility index (Phi) is 5.54. The Bertz CT molecular complexity index is 676. The van der Waals surface area contributed by atoms with Gasteiger partial charge in [0, 0.05) is 10.7 Å². The van der Waals surface area contributed by atoms with Crippen molar-refractivity contribution in [3.63, 3.8) is 0 Å². The highest BCUT2D eigenvalue weighted by Gasteiger charge is 2.28. The van der Waals surface area contributed by atoms with Crippen molar-refractivity contribution in [2.24, 2.45) is 0 Å². The summed E-state index contributed by atoms with van der Waals surface area (Å²) in [5, 5.41) is 3.76. The summed E-state index contributed by atoms with van der Waals surface area (Å²) >= 11 is 6.01. The third-order valence-electron chi connectivity index (χ3n) is 4.51. The van der Waals surface area contributed by atoms with Gasteiger partial charge >= 0.3 is 0 Å². The molecule has 2 aromatic carbocycles. The molecule has 0 aliphatic carbocycles. The van der Waals surface area contributed by atoms with Gasteiger partial charge in [-0.15, -0.1) is 0 Å². The summed E-state index contributed by atoms with van der Waals surface area (Å²) in [6, 6.07) is 15.3. The molecule has 3 rings (SSSR count). The van der Waals surface area contributed by atoms with Crippen molar-refractivity contribution in [1.29, 1.82) is 0 Å². The minimum Gasteiger partial charge on any atom is -0.324 e. The summed E-state index contributed by atoms with van der Waals surface area (Å²) < 4.78 is 0. The van der Waals surface area contributed by atoms with E-state index in [0.717, 1.165) is 37.2 Å². The molecule has 2 aromatic rings. The molecule has 0 radical (unpaired) electrons. The van der Waals surface area contributed by atoms with Gasteiger partial charge in [0.2, 0.25) is 5.91 Å². The molecule has 0 bridgehead atoms. The SMILES string of the molecule is Cc1ccc(NC(=O)[C@H](c2ccc(Cl)cc2)N2CCCCC2)cc1. The van der Waals surface area contributed by atoms with Crippen LogP contribution in [0, 0.1) is 6.92 Å². The summed E-state index contributed by atoms with van der Waals surface area (Å²) in [4.78, 5) is 15.3. The number of piperidine rings is 1. The zero-order valence-corrected chi connectivity index (χ0v) is 14.7. The van der Waals surface area contributed by atoms with E-state index in [0.29, 0.717) is 5.02 Å². The van der Waals surface area contributed by atoms with Gasteiger partial charge in [-0.3, -0.25) is 9.69 Å². The molecule has 1 amide bonds. The van der Waals surface area contributed by atoms with Gasteiger partial charge in [-0.2, -0.15) is 0 Å². The topological polar surface area (TPSA) is 32.3 Å². The highest BCUT2D eigenvalue weighted by molar-refractivity contribution is 6.30. The smallest absolute Gasteiger partial charge is 0.246 e. The molecule has 4 heteroatoms. The Morgan fingerprint density at radius 3 is 2.25 bits per heavy atom. The number of halogens is 1. The second kappa shape index (κ2) is 7.82. The number of benzene rings is 2. The molecule has 1 aliphatic rings. The first-order chi connectivity index (χ1) is 11.6. The maximum atomic E-state index is 13.0. The second-order valence-corrected chi connectivity index (χ2v) is 6.84. The first-order valence-corrected chi connectivity index (χ1v) is 8.88. The molecule has 1 aliphatic heterocycles. The second-order valence-electron chi connectivity index (χ2n) is 6.41. The lowest BCUT2D eigenvalue weighted by molar-refractivity contribution is -0.122. The van der Waals surface area contributed by atoms with Crippen LogP contribution in [0.2, 0.25) is 5.02 Å². The Hall–Kier alpha value is -1.84. The van der Waals surface area contributed by atoms with Crippen LogP contribution in [0.4, 0.5) is 5.69 Å². The maximum Gasteiger partial charge on any atom is 0.246 e. The maximum absolute atomic E-state index is 13.0. The molecule has 1 fully saturated rings. The van der Waals surface area contributed by atoms with E-state index in [9.17, 15) is 4.79 Å². The van der Waals surface area contributed by atoms with Crippen LogP contribution in [-0.4, -0.2) is 23.9 Å². The molecule has 1 N–H and O–H groups in total. The number of hydrogen-bond acceptors (Lipinski definition) is 2. The number of rotatable bonds is 4. The van der Waals surface area contributed by atoms with Gasteiger partial charge in [0.05, 0.1) is 0 Å². The number of aryl methyl sites for hydroxylation is 1. The van der Waals surface area contributed by atoms with Crippen LogP contribution in [0.3, 0.4) is 0 Å². The average molecular weight is 343 g/mol. The van der Waals surface area contributed by atoms with E-state index >= 15 is 0 Å². The molecule has 126 valence electrons. The Balaban J connectivity index is 1.83. The molecule has 24 heavy (non-hydrogen) atoms. The van der Waals surface area contributed by atoms with E-state index in [4.69, 9.17) is 11.6 Å². The number of anilines is 1. The monoisotopic (exact) mass is 342 g/mol. The molecule has 0 saturated carbocycles. The highest BCUT2D eigenvalue weighted by atomic mass is 35.5. The van der Waals surface area contributed by atoms with Crippen LogP contribution in [0.15, 0.2) is 48.5 Å². The minimum atomic E-state index is -0.274. The van der Waals surface area contributed by atoms with Gasteiger partial charge in [0.1, 0.15) is 6.04 Å². The molecule has 1 atom stereocenters. The van der Waals surface area contributed by atoms with Gasteiger partial charge in [0.25, 0.3) is 0 Å². The number of carbonyl (C=O) groups is 1. The summed E-state index contributed by atoms with van der Waals surface area (Å²) in [5.41, 5.74) is 3.01. The van der Waals surface area contributed by atoms with Crippen LogP contribution in [0.1, 0.15) is 36.4 Å². The molecule has 3 nitrogen and oxygen atoms in total. The highest BCUT2D eigenvalue weighted by Crippen LogP contribution is 2.27. The Labute approximate surface area is 148 Å². The van der Waals surface area contributed by atoms with Crippen molar-refractivity contribution >= 4 is 23.2 Å². The molecule has 1 saturated heterocycles. The predicted molar refractivity (Wildman–Crippen MR) is 99.4 cm³/mol. The molecule has 1 heterocycles. The largest absolute Gasteiger partial charge is 0.324 e. The molecular formula is C20H23ClN2O. The van der Waals surface area contributed by atoms with Crippen LogP contribution < -0.4 is 5.32 Å². The average Bonchev–Trinajstić information content (AvgIpc) is 2.60. The number of likely N-dealkylation sites (tertiary alicyclic amines) is 1. The number of nitrogens with zero attached hydrogens (tertiary/aromatic N) is 1. The van der Waals surface area contributed by atoms with Gasteiger partial charge in [-0.05, 0) is 62.7 Å².